The summed E-state index contributed by atoms with van der Waals surface area (Å²) in [7, 11) is 0.422. The molecule has 0 bridgehead atoms. The van der Waals surface area contributed by atoms with Crippen LogP contribution in [-0.4, -0.2) is 25.1 Å². The Morgan fingerprint density at radius 2 is 2.11 bits per heavy atom. The van der Waals surface area contributed by atoms with Crippen LogP contribution in [0.25, 0.3) is 10.6 Å². The lowest BCUT2D eigenvalue weighted by molar-refractivity contribution is 1.15. The summed E-state index contributed by atoms with van der Waals surface area (Å²) < 4.78 is 0. The van der Waals surface area contributed by atoms with Gasteiger partial charge in [-0.05, 0) is 11.4 Å². The molecule has 0 aliphatic heterocycles. The molecule has 0 aromatic carbocycles. The van der Waals surface area contributed by atoms with E-state index in [0.29, 0.717) is 5.95 Å². The molecule has 2 aromatic heterocycles. The van der Waals surface area contributed by atoms with Gasteiger partial charge in [-0.15, -0.1) is 16.9 Å². The highest BCUT2D eigenvalue weighted by atomic mass is 32.1. The van der Waals surface area contributed by atoms with Crippen molar-refractivity contribution in [2.75, 3.05) is 12.4 Å². The van der Waals surface area contributed by atoms with E-state index in [2.05, 4.69) is 52.5 Å². The zero-order valence-electron chi connectivity index (χ0n) is 11.6. The van der Waals surface area contributed by atoms with Crippen molar-refractivity contribution in [3.8, 4) is 22.0 Å². The van der Waals surface area contributed by atoms with Gasteiger partial charge in [-0.2, -0.15) is 0 Å². The number of rotatable bonds is 2. The zero-order valence-corrected chi connectivity index (χ0v) is 13.4. The van der Waals surface area contributed by atoms with Crippen molar-refractivity contribution in [3.05, 3.63) is 29.3 Å². The van der Waals surface area contributed by atoms with E-state index in [-0.39, 0.29) is 0 Å². The van der Waals surface area contributed by atoms with Crippen LogP contribution in [0.2, 0.25) is 19.6 Å². The first-order valence-corrected chi connectivity index (χ1v) is 10.5. The molecule has 98 valence electrons. The molecule has 2 heterocycles. The molecule has 1 N–H and O–H groups in total. The molecule has 0 saturated carbocycles. The Kier molecular flexibility index (Phi) is 4.03. The molecule has 0 amide bonds. The minimum atomic E-state index is -1.40. The van der Waals surface area contributed by atoms with Crippen molar-refractivity contribution in [3.63, 3.8) is 0 Å². The predicted octanol–water partition coefficient (Wildman–Crippen LogP) is 3.48. The maximum atomic E-state index is 4.54. The van der Waals surface area contributed by atoms with Crippen LogP contribution in [0.3, 0.4) is 0 Å². The number of thiophene rings is 1. The molecule has 0 fully saturated rings. The van der Waals surface area contributed by atoms with E-state index in [1.165, 1.54) is 0 Å². The smallest absolute Gasteiger partial charge is 0.223 e. The van der Waals surface area contributed by atoms with Crippen LogP contribution in [-0.2, 0) is 0 Å². The minimum Gasteiger partial charge on any atom is -0.357 e. The standard InChI is InChI=1S/C14H17N3SSi/c1-15-14-16-10-11(7-9-19(2,3)4)13(17-14)12-6-5-8-18-12/h5-6,8,10H,1-4H3,(H,15,16,17). The van der Waals surface area contributed by atoms with E-state index in [0.717, 1.165) is 16.1 Å². The van der Waals surface area contributed by atoms with E-state index < -0.39 is 8.07 Å². The molecule has 0 unspecified atom stereocenters. The maximum absolute atomic E-state index is 4.54. The third kappa shape index (κ3) is 3.66. The third-order valence-corrected chi connectivity index (χ3v) is 4.09. The van der Waals surface area contributed by atoms with Gasteiger partial charge in [0.05, 0.1) is 10.4 Å². The highest BCUT2D eigenvalue weighted by Crippen LogP contribution is 2.26. The van der Waals surface area contributed by atoms with Crippen molar-refractivity contribution in [1.82, 2.24) is 9.97 Å². The molecule has 0 aliphatic rings. The van der Waals surface area contributed by atoms with Crippen LogP contribution in [0.4, 0.5) is 5.95 Å². The van der Waals surface area contributed by atoms with E-state index in [4.69, 9.17) is 0 Å². The second-order valence-corrected chi connectivity index (χ2v) is 10.9. The Balaban J connectivity index is 2.51. The monoisotopic (exact) mass is 287 g/mol. The van der Waals surface area contributed by atoms with Crippen molar-refractivity contribution < 1.29 is 0 Å². The lowest BCUT2D eigenvalue weighted by Gasteiger charge is -2.06. The van der Waals surface area contributed by atoms with E-state index in [9.17, 15) is 0 Å². The molecule has 0 radical (unpaired) electrons. The van der Waals surface area contributed by atoms with Crippen LogP contribution in [0.1, 0.15) is 5.56 Å². The van der Waals surface area contributed by atoms with E-state index >= 15 is 0 Å². The van der Waals surface area contributed by atoms with Crippen LogP contribution in [0, 0.1) is 11.5 Å². The van der Waals surface area contributed by atoms with Crippen LogP contribution >= 0.6 is 11.3 Å². The number of nitrogens with zero attached hydrogens (tertiary/aromatic N) is 2. The number of aromatic nitrogens is 2. The van der Waals surface area contributed by atoms with Crippen LogP contribution < -0.4 is 5.32 Å². The van der Waals surface area contributed by atoms with Gasteiger partial charge in [0.1, 0.15) is 13.8 Å². The minimum absolute atomic E-state index is 0.627. The molecule has 5 heteroatoms. The van der Waals surface area contributed by atoms with Crippen LogP contribution in [0.15, 0.2) is 23.7 Å². The Labute approximate surface area is 119 Å². The molecule has 0 spiro atoms. The summed E-state index contributed by atoms with van der Waals surface area (Å²) in [5.41, 5.74) is 5.19. The summed E-state index contributed by atoms with van der Waals surface area (Å²) in [4.78, 5) is 9.92. The normalized spacial score (nSPS) is 10.7. The van der Waals surface area contributed by atoms with Crippen molar-refractivity contribution in [2.45, 2.75) is 19.6 Å². The van der Waals surface area contributed by atoms with Crippen molar-refractivity contribution in [2.24, 2.45) is 0 Å². The molecule has 2 aromatic rings. The molecular weight excluding hydrogens is 270 g/mol. The maximum Gasteiger partial charge on any atom is 0.223 e. The first kappa shape index (κ1) is 13.8. The van der Waals surface area contributed by atoms with Gasteiger partial charge in [0, 0.05) is 13.2 Å². The van der Waals surface area contributed by atoms with Gasteiger partial charge in [0.2, 0.25) is 5.95 Å². The van der Waals surface area contributed by atoms with Gasteiger partial charge >= 0.3 is 0 Å². The average Bonchev–Trinajstić information content (AvgIpc) is 2.89. The van der Waals surface area contributed by atoms with Crippen LogP contribution in [0.5, 0.6) is 0 Å². The summed E-state index contributed by atoms with van der Waals surface area (Å²) in [6, 6.07) is 4.09. The Morgan fingerprint density at radius 3 is 2.68 bits per heavy atom. The Bertz CT molecular complexity index is 618. The Hall–Kier alpha value is -1.64. The van der Waals surface area contributed by atoms with Gasteiger partial charge in [-0.1, -0.05) is 31.6 Å². The summed E-state index contributed by atoms with van der Waals surface area (Å²) >= 11 is 1.67. The molecule has 3 nitrogen and oxygen atoms in total. The summed E-state index contributed by atoms with van der Waals surface area (Å²) in [6.45, 7) is 6.69. The first-order valence-electron chi connectivity index (χ1n) is 6.11. The fraction of sp³-hybridized carbons (Fsp3) is 0.286. The third-order valence-electron chi connectivity index (χ3n) is 2.34. The number of hydrogen-bond acceptors (Lipinski definition) is 4. The lowest BCUT2D eigenvalue weighted by atomic mass is 10.2. The van der Waals surface area contributed by atoms with Gasteiger partial charge in [0.15, 0.2) is 0 Å². The summed E-state index contributed by atoms with van der Waals surface area (Å²) in [5.74, 6) is 3.89. The van der Waals surface area contributed by atoms with Crippen molar-refractivity contribution in [1.29, 1.82) is 0 Å². The largest absolute Gasteiger partial charge is 0.357 e. The van der Waals surface area contributed by atoms with Gasteiger partial charge in [0.25, 0.3) is 0 Å². The molecular formula is C14H17N3SSi. The highest BCUT2D eigenvalue weighted by molar-refractivity contribution is 7.13. The predicted molar refractivity (Wildman–Crippen MR) is 85.1 cm³/mol. The van der Waals surface area contributed by atoms with E-state index in [1.54, 1.807) is 17.5 Å². The molecule has 0 saturated heterocycles. The van der Waals surface area contributed by atoms with Gasteiger partial charge in [-0.3, -0.25) is 0 Å². The second-order valence-electron chi connectivity index (χ2n) is 5.18. The topological polar surface area (TPSA) is 37.8 Å². The lowest BCUT2D eigenvalue weighted by Crippen LogP contribution is -2.16. The van der Waals surface area contributed by atoms with Gasteiger partial charge in [-0.25, -0.2) is 9.97 Å². The quantitative estimate of drug-likeness (QED) is 0.679. The van der Waals surface area contributed by atoms with E-state index in [1.807, 2.05) is 18.5 Å². The zero-order chi connectivity index (χ0) is 13.9. The highest BCUT2D eigenvalue weighted by Gasteiger charge is 2.11. The number of anilines is 1. The average molecular weight is 287 g/mol. The first-order chi connectivity index (χ1) is 8.99. The molecule has 0 aliphatic carbocycles. The molecule has 2 rings (SSSR count). The number of hydrogen-bond donors (Lipinski definition) is 1. The van der Waals surface area contributed by atoms with Gasteiger partial charge < -0.3 is 5.32 Å². The fourth-order valence-electron chi connectivity index (χ4n) is 1.45. The van der Waals surface area contributed by atoms with Crippen molar-refractivity contribution >= 4 is 25.4 Å². The molecule has 19 heavy (non-hydrogen) atoms. The summed E-state index contributed by atoms with van der Waals surface area (Å²) in [5, 5.41) is 5.02. The number of nitrogens with one attached hydrogen (secondary N) is 1. The second kappa shape index (κ2) is 5.55. The SMILES string of the molecule is CNc1ncc(C#C[Si](C)(C)C)c(-c2cccs2)n1. The fourth-order valence-corrected chi connectivity index (χ4v) is 2.69. The summed E-state index contributed by atoms with van der Waals surface area (Å²) in [6.07, 6.45) is 1.81. The Morgan fingerprint density at radius 1 is 1.32 bits per heavy atom. The molecule has 0 atom stereocenters.